The van der Waals surface area contributed by atoms with Gasteiger partial charge in [0.15, 0.2) is 0 Å². The molecule has 0 spiro atoms. The maximum atomic E-state index is 5.72. The van der Waals surface area contributed by atoms with E-state index >= 15 is 0 Å². The molecule has 1 aromatic carbocycles. The molecule has 0 radical (unpaired) electrons. The van der Waals surface area contributed by atoms with Gasteiger partial charge in [-0.1, -0.05) is 0 Å². The van der Waals surface area contributed by atoms with Gasteiger partial charge in [0.25, 0.3) is 0 Å². The van der Waals surface area contributed by atoms with Crippen LogP contribution in [0.3, 0.4) is 0 Å². The molecule has 2 N–H and O–H groups in total. The van der Waals surface area contributed by atoms with Crippen LogP contribution in [0.2, 0.25) is 0 Å². The van der Waals surface area contributed by atoms with E-state index in [1.165, 1.54) is 0 Å². The Morgan fingerprint density at radius 3 is 2.60 bits per heavy atom. The molecule has 2 aromatic heterocycles. The van der Waals surface area contributed by atoms with Crippen molar-refractivity contribution in [1.29, 1.82) is 0 Å². The summed E-state index contributed by atoms with van der Waals surface area (Å²) in [7, 11) is 0. The van der Waals surface area contributed by atoms with Crippen molar-refractivity contribution in [3.8, 4) is 17.2 Å². The quantitative estimate of drug-likeness (QED) is 0.731. The van der Waals surface area contributed by atoms with E-state index < -0.39 is 0 Å². The molecule has 20 heavy (non-hydrogen) atoms. The number of hydrogen-bond acceptors (Lipinski definition) is 3. The first-order valence-corrected chi connectivity index (χ1v) is 6.96. The van der Waals surface area contributed by atoms with Crippen LogP contribution in [0.5, 0.6) is 0 Å². The Morgan fingerprint density at radius 2 is 1.90 bits per heavy atom. The van der Waals surface area contributed by atoms with Crippen LogP contribution >= 0.6 is 15.9 Å². The molecule has 0 aliphatic rings. The number of nitrogens with two attached hydrogens (primary N) is 1. The van der Waals surface area contributed by atoms with Crippen LogP contribution in [0.15, 0.2) is 53.4 Å². The molecule has 0 amide bonds. The van der Waals surface area contributed by atoms with Crippen LogP contribution in [0.4, 0.5) is 5.69 Å². The van der Waals surface area contributed by atoms with Crippen molar-refractivity contribution < 1.29 is 0 Å². The van der Waals surface area contributed by atoms with Crippen molar-refractivity contribution in [2.45, 2.75) is 6.92 Å². The number of nitrogens with zero attached hydrogens (tertiary/aromatic N) is 3. The summed E-state index contributed by atoms with van der Waals surface area (Å²) in [6.07, 6.45) is 5.48. The molecule has 4 nitrogen and oxygen atoms in total. The largest absolute Gasteiger partial charge is 0.399 e. The molecule has 100 valence electrons. The Hall–Kier alpha value is -2.14. The molecular weight excluding hydrogens is 316 g/mol. The maximum Gasteiger partial charge on any atom is 0.145 e. The molecule has 3 rings (SSSR count). The highest BCUT2D eigenvalue weighted by Gasteiger charge is 2.09. The summed E-state index contributed by atoms with van der Waals surface area (Å²) in [5.74, 6) is 1.69. The predicted octanol–water partition coefficient (Wildman–Crippen LogP) is 3.59. The normalized spacial score (nSPS) is 10.7. The van der Waals surface area contributed by atoms with E-state index in [2.05, 4.69) is 25.9 Å². The van der Waals surface area contributed by atoms with E-state index in [1.54, 1.807) is 12.4 Å². The van der Waals surface area contributed by atoms with Gasteiger partial charge in [-0.2, -0.15) is 0 Å². The minimum atomic E-state index is 0.740. The molecule has 0 saturated carbocycles. The lowest BCUT2D eigenvalue weighted by Gasteiger charge is -2.08. The highest BCUT2D eigenvalue weighted by Crippen LogP contribution is 2.23. The van der Waals surface area contributed by atoms with Crippen molar-refractivity contribution in [2.75, 3.05) is 5.73 Å². The van der Waals surface area contributed by atoms with E-state index in [1.807, 2.05) is 48.0 Å². The smallest absolute Gasteiger partial charge is 0.145 e. The molecule has 0 unspecified atom stereocenters. The van der Waals surface area contributed by atoms with E-state index in [9.17, 15) is 0 Å². The third-order valence-electron chi connectivity index (χ3n) is 3.09. The first-order valence-electron chi connectivity index (χ1n) is 6.17. The van der Waals surface area contributed by atoms with Crippen LogP contribution in [-0.4, -0.2) is 14.5 Å². The van der Waals surface area contributed by atoms with Gasteiger partial charge in [-0.25, -0.2) is 9.97 Å². The first kappa shape index (κ1) is 12.9. The van der Waals surface area contributed by atoms with Gasteiger partial charge in [-0.3, -0.25) is 4.57 Å². The van der Waals surface area contributed by atoms with Gasteiger partial charge in [0.2, 0.25) is 0 Å². The lowest BCUT2D eigenvalue weighted by molar-refractivity contribution is 0.994. The Bertz CT molecular complexity index is 747. The average molecular weight is 329 g/mol. The number of imidazole rings is 1. The van der Waals surface area contributed by atoms with Crippen molar-refractivity contribution in [2.24, 2.45) is 0 Å². The fourth-order valence-corrected chi connectivity index (χ4v) is 2.21. The van der Waals surface area contributed by atoms with E-state index in [0.29, 0.717) is 0 Å². The highest BCUT2D eigenvalue weighted by atomic mass is 79.9. The van der Waals surface area contributed by atoms with Crippen molar-refractivity contribution in [3.05, 3.63) is 59.0 Å². The zero-order valence-electron chi connectivity index (χ0n) is 10.9. The Labute approximate surface area is 125 Å². The predicted molar refractivity (Wildman–Crippen MR) is 83.6 cm³/mol. The summed E-state index contributed by atoms with van der Waals surface area (Å²) in [5.41, 5.74) is 8.60. The number of pyridine rings is 1. The van der Waals surface area contributed by atoms with Gasteiger partial charge in [-0.05, 0) is 58.7 Å². The molecule has 0 aliphatic heterocycles. The standard InChI is InChI=1S/C15H13BrN4/c1-10-8-14(19-9-13(10)16)20-7-6-18-15(20)11-2-4-12(17)5-3-11/h2-9H,17H2,1H3. The summed E-state index contributed by atoms with van der Waals surface area (Å²) in [6, 6.07) is 9.68. The van der Waals surface area contributed by atoms with Crippen LogP contribution in [-0.2, 0) is 0 Å². The van der Waals surface area contributed by atoms with Gasteiger partial charge in [0, 0.05) is 34.3 Å². The summed E-state index contributed by atoms with van der Waals surface area (Å²) < 4.78 is 2.96. The number of aryl methyl sites for hydroxylation is 1. The lowest BCUT2D eigenvalue weighted by Crippen LogP contribution is -2.00. The fourth-order valence-electron chi connectivity index (χ4n) is 1.99. The zero-order chi connectivity index (χ0) is 14.1. The molecule has 2 heterocycles. The molecule has 0 fully saturated rings. The van der Waals surface area contributed by atoms with Crippen molar-refractivity contribution in [1.82, 2.24) is 14.5 Å². The topological polar surface area (TPSA) is 56.7 Å². The van der Waals surface area contributed by atoms with Gasteiger partial charge in [0.05, 0.1) is 0 Å². The summed E-state index contributed by atoms with van der Waals surface area (Å²) in [4.78, 5) is 8.85. The van der Waals surface area contributed by atoms with E-state index in [-0.39, 0.29) is 0 Å². The summed E-state index contributed by atoms with van der Waals surface area (Å²) in [5, 5.41) is 0. The summed E-state index contributed by atoms with van der Waals surface area (Å²) >= 11 is 3.46. The third-order valence-corrected chi connectivity index (χ3v) is 3.92. The Kier molecular flexibility index (Phi) is 3.28. The van der Waals surface area contributed by atoms with Crippen LogP contribution in [0, 0.1) is 6.92 Å². The lowest BCUT2D eigenvalue weighted by atomic mass is 10.2. The maximum absolute atomic E-state index is 5.72. The minimum absolute atomic E-state index is 0.740. The van der Waals surface area contributed by atoms with E-state index in [4.69, 9.17) is 5.73 Å². The van der Waals surface area contributed by atoms with E-state index in [0.717, 1.165) is 32.9 Å². The third kappa shape index (κ3) is 2.32. The molecule has 3 aromatic rings. The SMILES string of the molecule is Cc1cc(-n2ccnc2-c2ccc(N)cc2)ncc1Br. The average Bonchev–Trinajstić information content (AvgIpc) is 2.92. The second-order valence-corrected chi connectivity index (χ2v) is 5.39. The number of hydrogen-bond donors (Lipinski definition) is 1. The van der Waals surface area contributed by atoms with Crippen LogP contribution < -0.4 is 5.73 Å². The van der Waals surface area contributed by atoms with Gasteiger partial charge in [-0.15, -0.1) is 0 Å². The first-order chi connectivity index (χ1) is 9.65. The van der Waals surface area contributed by atoms with Crippen molar-refractivity contribution >= 4 is 21.6 Å². The fraction of sp³-hybridized carbons (Fsp3) is 0.0667. The number of anilines is 1. The molecule has 5 heteroatoms. The summed E-state index contributed by atoms with van der Waals surface area (Å²) in [6.45, 7) is 2.04. The number of nitrogen functional groups attached to an aromatic ring is 1. The van der Waals surface area contributed by atoms with Crippen molar-refractivity contribution in [3.63, 3.8) is 0 Å². The molecular formula is C15H13BrN4. The second-order valence-electron chi connectivity index (χ2n) is 4.53. The highest BCUT2D eigenvalue weighted by molar-refractivity contribution is 9.10. The minimum Gasteiger partial charge on any atom is -0.399 e. The second kappa shape index (κ2) is 5.09. The molecule has 0 bridgehead atoms. The number of aromatic nitrogens is 3. The molecule has 0 saturated heterocycles. The van der Waals surface area contributed by atoms with Gasteiger partial charge < -0.3 is 5.73 Å². The van der Waals surface area contributed by atoms with Crippen LogP contribution in [0.1, 0.15) is 5.56 Å². The number of halogens is 1. The monoisotopic (exact) mass is 328 g/mol. The van der Waals surface area contributed by atoms with Crippen LogP contribution in [0.25, 0.3) is 17.2 Å². The Balaban J connectivity index is 2.10. The number of rotatable bonds is 2. The van der Waals surface area contributed by atoms with Gasteiger partial charge in [0.1, 0.15) is 11.6 Å². The molecule has 0 atom stereocenters. The Morgan fingerprint density at radius 1 is 1.15 bits per heavy atom. The number of benzene rings is 1. The van der Waals surface area contributed by atoms with Gasteiger partial charge >= 0.3 is 0 Å². The molecule has 0 aliphatic carbocycles. The zero-order valence-corrected chi connectivity index (χ0v) is 12.5.